The second-order valence-corrected chi connectivity index (χ2v) is 3.38. The van der Waals surface area contributed by atoms with Gasteiger partial charge in [0, 0.05) is 0 Å². The number of aliphatic hydroxyl groups excluding tert-OH is 1. The summed E-state index contributed by atoms with van der Waals surface area (Å²) in [5.41, 5.74) is 2.16. The minimum atomic E-state index is -0.0952. The molecule has 16 heavy (non-hydrogen) atoms. The van der Waals surface area contributed by atoms with Gasteiger partial charge in [-0.1, -0.05) is 0 Å². The van der Waals surface area contributed by atoms with E-state index in [0.29, 0.717) is 5.69 Å². The number of ether oxygens (including phenoxy) is 1. The standard InChI is InChI=1S/C11H13N3O2/c1-8-11(7-15)13-14(12-8)9-3-5-10(16-2)6-4-9/h3-6,15H,7H2,1-2H3. The van der Waals surface area contributed by atoms with E-state index >= 15 is 0 Å². The zero-order valence-electron chi connectivity index (χ0n) is 9.21. The van der Waals surface area contributed by atoms with E-state index in [1.165, 1.54) is 4.80 Å². The minimum absolute atomic E-state index is 0.0952. The molecule has 1 aromatic heterocycles. The van der Waals surface area contributed by atoms with Crippen LogP contribution in [0.4, 0.5) is 0 Å². The summed E-state index contributed by atoms with van der Waals surface area (Å²) < 4.78 is 5.07. The van der Waals surface area contributed by atoms with Gasteiger partial charge in [-0.05, 0) is 31.2 Å². The summed E-state index contributed by atoms with van der Waals surface area (Å²) in [5.74, 6) is 0.787. The summed E-state index contributed by atoms with van der Waals surface area (Å²) in [4.78, 5) is 1.50. The van der Waals surface area contributed by atoms with Gasteiger partial charge >= 0.3 is 0 Å². The van der Waals surface area contributed by atoms with Gasteiger partial charge in [-0.3, -0.25) is 0 Å². The number of aliphatic hydroxyl groups is 1. The second kappa shape index (κ2) is 4.32. The van der Waals surface area contributed by atoms with Crippen LogP contribution in [0.5, 0.6) is 5.75 Å². The lowest BCUT2D eigenvalue weighted by Crippen LogP contribution is -1.99. The molecule has 2 rings (SSSR count). The van der Waals surface area contributed by atoms with E-state index in [-0.39, 0.29) is 6.61 Å². The first-order valence-corrected chi connectivity index (χ1v) is 4.92. The number of aromatic nitrogens is 3. The summed E-state index contributed by atoms with van der Waals surface area (Å²) in [7, 11) is 1.62. The van der Waals surface area contributed by atoms with Gasteiger partial charge in [0.1, 0.15) is 11.4 Å². The first kappa shape index (κ1) is 10.6. The minimum Gasteiger partial charge on any atom is -0.497 e. The van der Waals surface area contributed by atoms with Crippen LogP contribution in [0.25, 0.3) is 5.69 Å². The Morgan fingerprint density at radius 3 is 2.44 bits per heavy atom. The fourth-order valence-corrected chi connectivity index (χ4v) is 1.39. The van der Waals surface area contributed by atoms with Crippen molar-refractivity contribution < 1.29 is 9.84 Å². The van der Waals surface area contributed by atoms with Crippen LogP contribution in [-0.4, -0.2) is 27.2 Å². The molecule has 0 aliphatic heterocycles. The molecular weight excluding hydrogens is 206 g/mol. The van der Waals surface area contributed by atoms with Crippen LogP contribution in [-0.2, 0) is 6.61 Å². The van der Waals surface area contributed by atoms with Crippen LogP contribution in [0.1, 0.15) is 11.4 Å². The van der Waals surface area contributed by atoms with Crippen molar-refractivity contribution in [2.24, 2.45) is 0 Å². The van der Waals surface area contributed by atoms with E-state index in [1.807, 2.05) is 31.2 Å². The topological polar surface area (TPSA) is 60.2 Å². The maximum atomic E-state index is 9.03. The number of rotatable bonds is 3. The van der Waals surface area contributed by atoms with Crippen molar-refractivity contribution in [1.29, 1.82) is 0 Å². The fraction of sp³-hybridized carbons (Fsp3) is 0.273. The summed E-state index contributed by atoms with van der Waals surface area (Å²) >= 11 is 0. The third kappa shape index (κ3) is 1.90. The van der Waals surface area contributed by atoms with Gasteiger partial charge in [0.2, 0.25) is 0 Å². The molecular formula is C11H13N3O2. The molecule has 0 saturated heterocycles. The van der Waals surface area contributed by atoms with E-state index in [1.54, 1.807) is 7.11 Å². The Morgan fingerprint density at radius 1 is 1.25 bits per heavy atom. The highest BCUT2D eigenvalue weighted by Gasteiger charge is 2.06. The summed E-state index contributed by atoms with van der Waals surface area (Å²) in [6, 6.07) is 7.40. The van der Waals surface area contributed by atoms with Crippen molar-refractivity contribution in [3.8, 4) is 11.4 Å². The Balaban J connectivity index is 2.34. The van der Waals surface area contributed by atoms with Crippen molar-refractivity contribution >= 4 is 0 Å². The Morgan fingerprint density at radius 2 is 1.94 bits per heavy atom. The largest absolute Gasteiger partial charge is 0.497 e. The van der Waals surface area contributed by atoms with Crippen LogP contribution in [0.2, 0.25) is 0 Å². The van der Waals surface area contributed by atoms with E-state index < -0.39 is 0 Å². The zero-order chi connectivity index (χ0) is 11.5. The Bertz CT molecular complexity index is 476. The summed E-state index contributed by atoms with van der Waals surface area (Å²) in [6.45, 7) is 1.72. The monoisotopic (exact) mass is 219 g/mol. The van der Waals surface area contributed by atoms with Crippen molar-refractivity contribution in [2.45, 2.75) is 13.5 Å². The van der Waals surface area contributed by atoms with Gasteiger partial charge in [-0.25, -0.2) is 0 Å². The molecule has 2 aromatic rings. The average molecular weight is 219 g/mol. The molecule has 0 radical (unpaired) electrons. The molecule has 0 aliphatic carbocycles. The molecule has 0 aliphatic rings. The lowest BCUT2D eigenvalue weighted by molar-refractivity contribution is 0.275. The predicted octanol–water partition coefficient (Wildman–Crippen LogP) is 1.08. The normalized spacial score (nSPS) is 10.4. The lowest BCUT2D eigenvalue weighted by atomic mass is 10.3. The fourth-order valence-electron chi connectivity index (χ4n) is 1.39. The van der Waals surface area contributed by atoms with Gasteiger partial charge < -0.3 is 9.84 Å². The molecule has 1 aromatic carbocycles. The molecule has 5 nitrogen and oxygen atoms in total. The van der Waals surface area contributed by atoms with Crippen LogP contribution in [0, 0.1) is 6.92 Å². The van der Waals surface area contributed by atoms with E-state index in [2.05, 4.69) is 10.2 Å². The predicted molar refractivity (Wildman–Crippen MR) is 58.6 cm³/mol. The molecule has 1 N–H and O–H groups in total. The first-order valence-electron chi connectivity index (χ1n) is 4.92. The van der Waals surface area contributed by atoms with Crippen molar-refractivity contribution in [1.82, 2.24) is 15.0 Å². The van der Waals surface area contributed by atoms with E-state index in [9.17, 15) is 0 Å². The number of benzene rings is 1. The second-order valence-electron chi connectivity index (χ2n) is 3.38. The maximum Gasteiger partial charge on any atom is 0.119 e. The Kier molecular flexibility index (Phi) is 2.87. The molecule has 0 atom stereocenters. The maximum absolute atomic E-state index is 9.03. The average Bonchev–Trinajstić information content (AvgIpc) is 2.71. The highest BCUT2D eigenvalue weighted by Crippen LogP contribution is 2.14. The van der Waals surface area contributed by atoms with Crippen LogP contribution in [0.3, 0.4) is 0 Å². The van der Waals surface area contributed by atoms with Gasteiger partial charge in [-0.2, -0.15) is 15.0 Å². The number of methoxy groups -OCH3 is 1. The van der Waals surface area contributed by atoms with Gasteiger partial charge in [0.25, 0.3) is 0 Å². The van der Waals surface area contributed by atoms with Crippen LogP contribution in [0.15, 0.2) is 24.3 Å². The molecule has 0 fully saturated rings. The molecule has 1 heterocycles. The SMILES string of the molecule is COc1ccc(-n2nc(C)c(CO)n2)cc1. The first-order chi connectivity index (χ1) is 7.74. The van der Waals surface area contributed by atoms with Gasteiger partial charge in [0.15, 0.2) is 0 Å². The summed E-state index contributed by atoms with van der Waals surface area (Å²) in [5, 5.41) is 17.4. The van der Waals surface area contributed by atoms with Crippen molar-refractivity contribution in [3.05, 3.63) is 35.7 Å². The molecule has 0 bridgehead atoms. The zero-order valence-corrected chi connectivity index (χ0v) is 9.21. The Hall–Kier alpha value is -1.88. The number of hydrogen-bond acceptors (Lipinski definition) is 4. The Labute approximate surface area is 93.3 Å². The quantitative estimate of drug-likeness (QED) is 0.839. The molecule has 5 heteroatoms. The van der Waals surface area contributed by atoms with Crippen LogP contribution >= 0.6 is 0 Å². The molecule has 0 spiro atoms. The number of aryl methyl sites for hydroxylation is 1. The highest BCUT2D eigenvalue weighted by molar-refractivity contribution is 5.36. The number of nitrogens with zero attached hydrogens (tertiary/aromatic N) is 3. The molecule has 0 unspecified atom stereocenters. The third-order valence-electron chi connectivity index (χ3n) is 2.33. The van der Waals surface area contributed by atoms with Gasteiger partial charge in [0.05, 0.1) is 25.1 Å². The lowest BCUT2D eigenvalue weighted by Gasteiger charge is -2.01. The third-order valence-corrected chi connectivity index (χ3v) is 2.33. The van der Waals surface area contributed by atoms with E-state index in [4.69, 9.17) is 9.84 Å². The van der Waals surface area contributed by atoms with Crippen molar-refractivity contribution in [2.75, 3.05) is 7.11 Å². The summed E-state index contributed by atoms with van der Waals surface area (Å²) in [6.07, 6.45) is 0. The highest BCUT2D eigenvalue weighted by atomic mass is 16.5. The molecule has 0 saturated carbocycles. The van der Waals surface area contributed by atoms with Gasteiger partial charge in [-0.15, -0.1) is 0 Å². The van der Waals surface area contributed by atoms with E-state index in [0.717, 1.165) is 17.1 Å². The van der Waals surface area contributed by atoms with Crippen molar-refractivity contribution in [3.63, 3.8) is 0 Å². The number of hydrogen-bond donors (Lipinski definition) is 1. The molecule has 84 valence electrons. The van der Waals surface area contributed by atoms with Crippen LogP contribution < -0.4 is 4.74 Å². The molecule has 0 amide bonds. The smallest absolute Gasteiger partial charge is 0.119 e.